The number of hydrogen-bond acceptors (Lipinski definition) is 5. The number of aryl methyl sites for hydroxylation is 1. The highest BCUT2D eigenvalue weighted by Crippen LogP contribution is 2.19. The van der Waals surface area contributed by atoms with E-state index in [1.165, 1.54) is 0 Å². The highest BCUT2D eigenvalue weighted by molar-refractivity contribution is 7.99. The number of nitrogens with zero attached hydrogens (tertiary/aromatic N) is 2. The van der Waals surface area contributed by atoms with Crippen molar-refractivity contribution in [2.24, 2.45) is 0 Å². The molecule has 90 valence electrons. The van der Waals surface area contributed by atoms with Crippen LogP contribution in [0, 0.1) is 6.92 Å². The number of hydrogen-bond donors (Lipinski definition) is 2. The second-order valence-corrected chi connectivity index (χ2v) is 5.18. The van der Waals surface area contributed by atoms with E-state index >= 15 is 0 Å². The molecule has 0 amide bonds. The molecule has 1 heterocycles. The van der Waals surface area contributed by atoms with Gasteiger partial charge in [-0.1, -0.05) is 6.92 Å². The Labute approximate surface area is 101 Å². The summed E-state index contributed by atoms with van der Waals surface area (Å²) in [4.78, 5) is 8.72. The van der Waals surface area contributed by atoms with Gasteiger partial charge in [0, 0.05) is 24.1 Å². The molecular weight excluding hydrogens is 222 g/mol. The topological polar surface area (TPSA) is 58.0 Å². The monoisotopic (exact) mass is 241 g/mol. The van der Waals surface area contributed by atoms with Crippen molar-refractivity contribution in [3.63, 3.8) is 0 Å². The van der Waals surface area contributed by atoms with E-state index < -0.39 is 0 Å². The number of thioether (sulfide) groups is 1. The number of aromatic nitrogens is 2. The molecular formula is C11H19N3OS. The van der Waals surface area contributed by atoms with E-state index in [-0.39, 0.29) is 11.4 Å². The molecule has 0 bridgehead atoms. The largest absolute Gasteiger partial charge is 0.392 e. The average Bonchev–Trinajstić information content (AvgIpc) is 2.24. The first kappa shape index (κ1) is 13.3. The van der Waals surface area contributed by atoms with Crippen LogP contribution in [-0.2, 0) is 5.75 Å². The summed E-state index contributed by atoms with van der Waals surface area (Å²) in [5.41, 5.74) is 0.958. The molecule has 4 nitrogen and oxygen atoms in total. The Balaban J connectivity index is 2.63. The van der Waals surface area contributed by atoms with Crippen molar-refractivity contribution in [3.05, 3.63) is 17.6 Å². The highest BCUT2D eigenvalue weighted by Gasteiger charge is 2.10. The molecule has 1 aromatic rings. The summed E-state index contributed by atoms with van der Waals surface area (Å²) in [6.07, 6.45) is -0.307. The Bertz CT molecular complexity index is 344. The standard InChI is InChI=1S/C11H19N3OS/c1-7-5-10(12-4)14-11(13-7)6-16-9(3)8(2)15/h5,8-9,15H,6H2,1-4H3,(H,12,13,14). The summed E-state index contributed by atoms with van der Waals surface area (Å²) in [5, 5.41) is 12.6. The Hall–Kier alpha value is -0.810. The molecule has 0 saturated heterocycles. The minimum Gasteiger partial charge on any atom is -0.392 e. The van der Waals surface area contributed by atoms with Gasteiger partial charge in [-0.2, -0.15) is 0 Å². The van der Waals surface area contributed by atoms with Gasteiger partial charge in [-0.05, 0) is 13.8 Å². The fourth-order valence-electron chi connectivity index (χ4n) is 1.17. The number of anilines is 1. The maximum Gasteiger partial charge on any atom is 0.140 e. The predicted molar refractivity (Wildman–Crippen MR) is 68.8 cm³/mol. The van der Waals surface area contributed by atoms with Crippen molar-refractivity contribution in [1.82, 2.24) is 9.97 Å². The Kier molecular flexibility index (Phi) is 5.02. The molecule has 2 unspecified atom stereocenters. The van der Waals surface area contributed by atoms with Gasteiger partial charge in [-0.3, -0.25) is 0 Å². The number of aliphatic hydroxyl groups is 1. The van der Waals surface area contributed by atoms with E-state index in [0.717, 1.165) is 23.1 Å². The quantitative estimate of drug-likeness (QED) is 0.823. The number of nitrogens with one attached hydrogen (secondary N) is 1. The van der Waals surface area contributed by atoms with Gasteiger partial charge in [0.25, 0.3) is 0 Å². The van der Waals surface area contributed by atoms with Gasteiger partial charge in [0.15, 0.2) is 0 Å². The lowest BCUT2D eigenvalue weighted by molar-refractivity contribution is 0.196. The third-order valence-corrected chi connectivity index (χ3v) is 3.66. The first-order valence-corrected chi connectivity index (χ1v) is 6.39. The Morgan fingerprint density at radius 3 is 2.69 bits per heavy atom. The molecule has 0 radical (unpaired) electrons. The van der Waals surface area contributed by atoms with E-state index in [0.29, 0.717) is 0 Å². The van der Waals surface area contributed by atoms with Crippen LogP contribution in [0.5, 0.6) is 0 Å². The van der Waals surface area contributed by atoms with Crippen LogP contribution >= 0.6 is 11.8 Å². The normalized spacial score (nSPS) is 14.6. The van der Waals surface area contributed by atoms with Crippen LogP contribution in [0.2, 0.25) is 0 Å². The zero-order chi connectivity index (χ0) is 12.1. The Morgan fingerprint density at radius 1 is 1.44 bits per heavy atom. The lowest BCUT2D eigenvalue weighted by Gasteiger charge is -2.13. The van der Waals surface area contributed by atoms with Gasteiger partial charge in [0.1, 0.15) is 11.6 Å². The molecule has 0 aliphatic heterocycles. The minimum absolute atomic E-state index is 0.196. The summed E-state index contributed by atoms with van der Waals surface area (Å²) in [6.45, 7) is 5.76. The fourth-order valence-corrected chi connectivity index (χ4v) is 1.99. The number of aliphatic hydroxyl groups excluding tert-OH is 1. The van der Waals surface area contributed by atoms with Crippen LogP contribution in [0.1, 0.15) is 25.4 Å². The molecule has 0 fully saturated rings. The van der Waals surface area contributed by atoms with Crippen LogP contribution < -0.4 is 5.32 Å². The average molecular weight is 241 g/mol. The van der Waals surface area contributed by atoms with Gasteiger partial charge in [0.2, 0.25) is 0 Å². The van der Waals surface area contributed by atoms with Crippen molar-refractivity contribution in [3.8, 4) is 0 Å². The van der Waals surface area contributed by atoms with Crippen molar-refractivity contribution in [1.29, 1.82) is 0 Å². The summed E-state index contributed by atoms with van der Waals surface area (Å²) in [7, 11) is 1.84. The molecule has 5 heteroatoms. The third-order valence-electron chi connectivity index (χ3n) is 2.31. The zero-order valence-corrected chi connectivity index (χ0v) is 11.0. The van der Waals surface area contributed by atoms with E-state index in [9.17, 15) is 5.11 Å². The highest BCUT2D eigenvalue weighted by atomic mass is 32.2. The maximum absolute atomic E-state index is 9.38. The maximum atomic E-state index is 9.38. The van der Waals surface area contributed by atoms with Crippen LogP contribution in [0.4, 0.5) is 5.82 Å². The molecule has 0 aromatic carbocycles. The van der Waals surface area contributed by atoms with Crippen molar-refractivity contribution < 1.29 is 5.11 Å². The first-order valence-electron chi connectivity index (χ1n) is 5.35. The van der Waals surface area contributed by atoms with Gasteiger partial charge >= 0.3 is 0 Å². The zero-order valence-electron chi connectivity index (χ0n) is 10.2. The van der Waals surface area contributed by atoms with Gasteiger partial charge in [-0.25, -0.2) is 9.97 Å². The third kappa shape index (κ3) is 3.98. The molecule has 2 N–H and O–H groups in total. The van der Waals surface area contributed by atoms with E-state index in [1.54, 1.807) is 18.7 Å². The van der Waals surface area contributed by atoms with Crippen LogP contribution in [0.25, 0.3) is 0 Å². The molecule has 2 atom stereocenters. The van der Waals surface area contributed by atoms with E-state index in [2.05, 4.69) is 15.3 Å². The summed E-state index contributed by atoms with van der Waals surface area (Å²) >= 11 is 1.66. The lowest BCUT2D eigenvalue weighted by Crippen LogP contribution is -2.15. The minimum atomic E-state index is -0.307. The van der Waals surface area contributed by atoms with Crippen molar-refractivity contribution in [2.75, 3.05) is 12.4 Å². The number of rotatable bonds is 5. The molecule has 0 aliphatic rings. The predicted octanol–water partition coefficient (Wildman–Crippen LogP) is 1.83. The fraction of sp³-hybridized carbons (Fsp3) is 0.636. The van der Waals surface area contributed by atoms with Gasteiger partial charge < -0.3 is 10.4 Å². The smallest absolute Gasteiger partial charge is 0.140 e. The molecule has 1 aromatic heterocycles. The van der Waals surface area contributed by atoms with Crippen molar-refractivity contribution >= 4 is 17.6 Å². The van der Waals surface area contributed by atoms with E-state index in [4.69, 9.17) is 0 Å². The molecule has 0 spiro atoms. The molecule has 16 heavy (non-hydrogen) atoms. The summed E-state index contributed by atoms with van der Waals surface area (Å²) < 4.78 is 0. The Morgan fingerprint density at radius 2 is 2.12 bits per heavy atom. The summed E-state index contributed by atoms with van der Waals surface area (Å²) in [6, 6.07) is 1.91. The van der Waals surface area contributed by atoms with Crippen LogP contribution in [0.3, 0.4) is 0 Å². The molecule has 0 aliphatic carbocycles. The van der Waals surface area contributed by atoms with Crippen LogP contribution in [-0.4, -0.2) is 33.5 Å². The second-order valence-electron chi connectivity index (χ2n) is 3.82. The van der Waals surface area contributed by atoms with Gasteiger partial charge in [0.05, 0.1) is 11.9 Å². The second kappa shape index (κ2) is 6.06. The lowest BCUT2D eigenvalue weighted by atomic mass is 10.3. The molecule has 1 rings (SSSR count). The van der Waals surface area contributed by atoms with E-state index in [1.807, 2.05) is 27.0 Å². The van der Waals surface area contributed by atoms with Crippen molar-refractivity contribution in [2.45, 2.75) is 37.9 Å². The SMILES string of the molecule is CNc1cc(C)nc(CSC(C)C(C)O)n1. The molecule has 0 saturated carbocycles. The van der Waals surface area contributed by atoms with Crippen LogP contribution in [0.15, 0.2) is 6.07 Å². The first-order chi connectivity index (χ1) is 7.52. The summed E-state index contributed by atoms with van der Waals surface area (Å²) in [5.74, 6) is 2.37. The van der Waals surface area contributed by atoms with Gasteiger partial charge in [-0.15, -0.1) is 11.8 Å².